The molecule has 0 amide bonds. The zero-order chi connectivity index (χ0) is 15.8. The first kappa shape index (κ1) is 16.0. The van der Waals surface area contributed by atoms with Gasteiger partial charge < -0.3 is 14.2 Å². The van der Waals surface area contributed by atoms with Crippen LogP contribution in [0.3, 0.4) is 0 Å². The van der Waals surface area contributed by atoms with Crippen molar-refractivity contribution in [2.24, 2.45) is 0 Å². The van der Waals surface area contributed by atoms with Gasteiger partial charge in [0.1, 0.15) is 17.2 Å². The Morgan fingerprint density at radius 3 is 2.52 bits per heavy atom. The molecule has 21 heavy (non-hydrogen) atoms. The lowest BCUT2D eigenvalue weighted by Crippen LogP contribution is -2.39. The lowest BCUT2D eigenvalue weighted by atomic mass is 10.0. The van der Waals surface area contributed by atoms with E-state index in [9.17, 15) is 4.79 Å². The van der Waals surface area contributed by atoms with Gasteiger partial charge in [-0.1, -0.05) is 42.8 Å². The maximum atomic E-state index is 12.2. The minimum atomic E-state index is -1.09. The number of benzene rings is 1. The van der Waals surface area contributed by atoms with Gasteiger partial charge in [-0.2, -0.15) is 0 Å². The highest BCUT2D eigenvalue weighted by molar-refractivity contribution is 6.39. The number of ether oxygens (including phenoxy) is 3. The molecule has 2 rings (SSSR count). The molecule has 1 aliphatic heterocycles. The summed E-state index contributed by atoms with van der Waals surface area (Å²) < 4.78 is 16.5. The number of carbonyl (C=O) groups excluding carboxylic acids is 1. The van der Waals surface area contributed by atoms with E-state index in [1.807, 2.05) is 6.92 Å². The molecule has 0 radical (unpaired) electrons. The molecule has 1 aromatic rings. The smallest absolute Gasteiger partial charge is 0.345 e. The monoisotopic (exact) mass is 330 g/mol. The molecule has 0 unspecified atom stereocenters. The Hall–Kier alpha value is -1.39. The van der Waals surface area contributed by atoms with E-state index in [0.717, 1.165) is 0 Å². The molecule has 0 N–H and O–H groups in total. The predicted molar refractivity (Wildman–Crippen MR) is 81.7 cm³/mol. The van der Waals surface area contributed by atoms with Gasteiger partial charge in [-0.25, -0.2) is 4.79 Å². The van der Waals surface area contributed by atoms with E-state index in [1.165, 1.54) is 0 Å². The van der Waals surface area contributed by atoms with Gasteiger partial charge in [0.25, 0.3) is 0 Å². The zero-order valence-corrected chi connectivity index (χ0v) is 13.6. The summed E-state index contributed by atoms with van der Waals surface area (Å²) in [5, 5.41) is 0.460. The maximum Gasteiger partial charge on any atom is 0.345 e. The van der Waals surface area contributed by atoms with Gasteiger partial charge in [0, 0.05) is 13.8 Å². The third-order valence-corrected chi connectivity index (χ3v) is 3.72. The third-order valence-electron chi connectivity index (χ3n) is 2.98. The van der Waals surface area contributed by atoms with E-state index >= 15 is 0 Å². The third kappa shape index (κ3) is 2.83. The number of carbonyl (C=O) groups is 1. The second-order valence-corrected chi connectivity index (χ2v) is 5.74. The molecule has 1 aromatic carbocycles. The van der Waals surface area contributed by atoms with Crippen molar-refractivity contribution in [2.45, 2.75) is 33.0 Å². The topological polar surface area (TPSA) is 44.8 Å². The fourth-order valence-electron chi connectivity index (χ4n) is 2.15. The fraction of sp³-hybridized carbons (Fsp3) is 0.400. The molecule has 4 nitrogen and oxygen atoms in total. The van der Waals surface area contributed by atoms with Crippen molar-refractivity contribution in [1.29, 1.82) is 0 Å². The highest BCUT2D eigenvalue weighted by Crippen LogP contribution is 2.49. The minimum absolute atomic E-state index is 0.166. The van der Waals surface area contributed by atoms with Crippen LogP contribution in [0.15, 0.2) is 12.7 Å². The molecule has 0 fully saturated rings. The maximum absolute atomic E-state index is 12.2. The van der Waals surface area contributed by atoms with Crippen LogP contribution in [0.1, 0.15) is 36.7 Å². The summed E-state index contributed by atoms with van der Waals surface area (Å²) in [6.45, 7) is 8.97. The highest BCUT2D eigenvalue weighted by Gasteiger charge is 2.39. The number of esters is 1. The highest BCUT2D eigenvalue weighted by atomic mass is 35.5. The molecule has 1 heterocycles. The Balaban J connectivity index is 2.70. The summed E-state index contributed by atoms with van der Waals surface area (Å²) >= 11 is 12.6. The Bertz CT molecular complexity index is 608. The van der Waals surface area contributed by atoms with Crippen LogP contribution in [0.25, 0.3) is 0 Å². The molecule has 6 heteroatoms. The zero-order valence-electron chi connectivity index (χ0n) is 12.1. The number of halogens is 2. The number of fused-ring (bicyclic) bond motifs is 1. The van der Waals surface area contributed by atoms with Crippen LogP contribution in [0.4, 0.5) is 0 Å². The van der Waals surface area contributed by atoms with Crippen LogP contribution in [0.2, 0.25) is 10.0 Å². The molecule has 1 aliphatic rings. The van der Waals surface area contributed by atoms with Gasteiger partial charge >= 0.3 is 5.97 Å². The van der Waals surface area contributed by atoms with E-state index in [0.29, 0.717) is 22.8 Å². The Labute approximate surface area is 133 Å². The van der Waals surface area contributed by atoms with Gasteiger partial charge in [0.05, 0.1) is 5.02 Å². The fourth-order valence-corrected chi connectivity index (χ4v) is 2.85. The van der Waals surface area contributed by atoms with Crippen molar-refractivity contribution in [3.63, 3.8) is 0 Å². The SMILES string of the molecule is C=CCOc1c(Cl)c(CC)c2c(c1Cl)OC(C)(C)OC2=O. The van der Waals surface area contributed by atoms with Crippen LogP contribution in [-0.4, -0.2) is 18.4 Å². The van der Waals surface area contributed by atoms with E-state index in [2.05, 4.69) is 6.58 Å². The summed E-state index contributed by atoms with van der Waals surface area (Å²) in [4.78, 5) is 12.2. The second kappa shape index (κ2) is 5.78. The first-order valence-electron chi connectivity index (χ1n) is 6.52. The van der Waals surface area contributed by atoms with Crippen molar-refractivity contribution >= 4 is 29.2 Å². The van der Waals surface area contributed by atoms with Gasteiger partial charge in [0.15, 0.2) is 11.5 Å². The summed E-state index contributed by atoms with van der Waals surface area (Å²) in [6.07, 6.45) is 2.10. The van der Waals surface area contributed by atoms with E-state index in [4.69, 9.17) is 37.4 Å². The van der Waals surface area contributed by atoms with Gasteiger partial charge in [-0.05, 0) is 12.0 Å². The molecule has 0 atom stereocenters. The van der Waals surface area contributed by atoms with E-state index in [1.54, 1.807) is 19.9 Å². The predicted octanol–water partition coefficient (Wildman–Crippen LogP) is 4.41. The summed E-state index contributed by atoms with van der Waals surface area (Å²) in [7, 11) is 0. The van der Waals surface area contributed by atoms with Crippen LogP contribution >= 0.6 is 23.2 Å². The molecule has 0 aliphatic carbocycles. The van der Waals surface area contributed by atoms with Crippen molar-refractivity contribution in [3.05, 3.63) is 33.8 Å². The summed E-state index contributed by atoms with van der Waals surface area (Å²) in [5.74, 6) is -1.06. The lowest BCUT2D eigenvalue weighted by molar-refractivity contribution is -0.127. The number of hydrogen-bond acceptors (Lipinski definition) is 4. The number of cyclic esters (lactones) is 1. The van der Waals surface area contributed by atoms with Crippen LogP contribution in [0.5, 0.6) is 11.5 Å². The van der Waals surface area contributed by atoms with Gasteiger partial charge in [0.2, 0.25) is 5.79 Å². The molecule has 0 saturated carbocycles. The molecule has 0 saturated heterocycles. The number of hydrogen-bond donors (Lipinski definition) is 0. The van der Waals surface area contributed by atoms with Gasteiger partial charge in [-0.3, -0.25) is 0 Å². The molecule has 0 spiro atoms. The van der Waals surface area contributed by atoms with E-state index in [-0.39, 0.29) is 22.9 Å². The van der Waals surface area contributed by atoms with Crippen molar-refractivity contribution in [2.75, 3.05) is 6.61 Å². The Morgan fingerprint density at radius 1 is 1.29 bits per heavy atom. The van der Waals surface area contributed by atoms with Crippen molar-refractivity contribution < 1.29 is 19.0 Å². The first-order chi connectivity index (χ1) is 9.82. The molecular weight excluding hydrogens is 315 g/mol. The van der Waals surface area contributed by atoms with E-state index < -0.39 is 11.8 Å². The first-order valence-corrected chi connectivity index (χ1v) is 7.27. The standard InChI is InChI=1S/C15H16Cl2O4/c1-5-7-19-13-10(16)8(6-2)9-12(11(13)17)20-15(3,4)21-14(9)18/h5H,1,6-7H2,2-4H3. The van der Waals surface area contributed by atoms with Crippen LogP contribution in [0, 0.1) is 0 Å². The Morgan fingerprint density at radius 2 is 1.95 bits per heavy atom. The quantitative estimate of drug-likeness (QED) is 0.606. The van der Waals surface area contributed by atoms with Gasteiger partial charge in [-0.15, -0.1) is 0 Å². The van der Waals surface area contributed by atoms with Crippen molar-refractivity contribution in [1.82, 2.24) is 0 Å². The molecule has 0 aromatic heterocycles. The molecule has 114 valence electrons. The summed E-state index contributed by atoms with van der Waals surface area (Å²) in [6, 6.07) is 0. The van der Waals surface area contributed by atoms with Crippen LogP contribution in [-0.2, 0) is 11.2 Å². The lowest BCUT2D eigenvalue weighted by Gasteiger charge is -2.34. The van der Waals surface area contributed by atoms with Crippen molar-refractivity contribution in [3.8, 4) is 11.5 Å². The second-order valence-electron chi connectivity index (χ2n) is 4.98. The Kier molecular flexibility index (Phi) is 4.40. The average molecular weight is 331 g/mol. The largest absolute Gasteiger partial charge is 0.486 e. The molecule has 0 bridgehead atoms. The minimum Gasteiger partial charge on any atom is -0.486 e. The average Bonchev–Trinajstić information content (AvgIpc) is 2.39. The summed E-state index contributed by atoms with van der Waals surface area (Å²) in [5.41, 5.74) is 0.855. The van der Waals surface area contributed by atoms with Crippen LogP contribution < -0.4 is 9.47 Å². The normalized spacial score (nSPS) is 15.8. The molecular formula is C15H16Cl2O4. The number of rotatable bonds is 4.